The quantitative estimate of drug-likeness (QED) is 0.878. The minimum Gasteiger partial charge on any atom is -0.353 e. The lowest BCUT2D eigenvalue weighted by molar-refractivity contribution is -0.123. The predicted octanol–water partition coefficient (Wildman–Crippen LogP) is 2.95. The predicted molar refractivity (Wildman–Crippen MR) is 87.2 cm³/mol. The molecule has 0 heterocycles. The van der Waals surface area contributed by atoms with Crippen LogP contribution in [0, 0.1) is 5.92 Å². The van der Waals surface area contributed by atoms with Crippen LogP contribution in [0.3, 0.4) is 0 Å². The Balaban J connectivity index is 1.97. The van der Waals surface area contributed by atoms with Gasteiger partial charge < -0.3 is 10.6 Å². The second-order valence-electron chi connectivity index (χ2n) is 6.30. The van der Waals surface area contributed by atoms with Crippen LogP contribution in [0.4, 0.5) is 0 Å². The van der Waals surface area contributed by atoms with Gasteiger partial charge in [-0.05, 0) is 24.3 Å². The van der Waals surface area contributed by atoms with Crippen molar-refractivity contribution in [2.75, 3.05) is 0 Å². The Hall–Kier alpha value is -1.84. The lowest BCUT2D eigenvalue weighted by Crippen LogP contribution is -2.42. The Labute approximate surface area is 132 Å². The number of hydrogen-bond donors (Lipinski definition) is 2. The Bertz CT molecular complexity index is 501. The summed E-state index contributed by atoms with van der Waals surface area (Å²) in [7, 11) is 0. The second-order valence-corrected chi connectivity index (χ2v) is 6.30. The third kappa shape index (κ3) is 4.86. The van der Waals surface area contributed by atoms with Crippen LogP contribution in [0.1, 0.15) is 57.6 Å². The topological polar surface area (TPSA) is 58.2 Å². The lowest BCUT2D eigenvalue weighted by atomic mass is 9.86. The van der Waals surface area contributed by atoms with E-state index in [1.165, 1.54) is 26.2 Å². The van der Waals surface area contributed by atoms with Gasteiger partial charge in [-0.3, -0.25) is 9.59 Å². The van der Waals surface area contributed by atoms with Crippen molar-refractivity contribution in [2.45, 2.75) is 58.0 Å². The fourth-order valence-corrected chi connectivity index (χ4v) is 3.16. The molecular formula is C18H26N2O2. The average Bonchev–Trinajstić information content (AvgIpc) is 2.49. The van der Waals surface area contributed by atoms with Crippen LogP contribution in [-0.2, 0) is 9.59 Å². The molecule has 0 aromatic heterocycles. The summed E-state index contributed by atoms with van der Waals surface area (Å²) in [5.74, 6) is 0.433. The molecule has 2 N–H and O–H groups in total. The molecule has 1 aromatic carbocycles. The zero-order chi connectivity index (χ0) is 15.9. The molecule has 0 bridgehead atoms. The summed E-state index contributed by atoms with van der Waals surface area (Å²) in [6.45, 7) is 3.68. The van der Waals surface area contributed by atoms with Crippen LogP contribution in [-0.4, -0.2) is 17.9 Å². The number of rotatable bonds is 5. The summed E-state index contributed by atoms with van der Waals surface area (Å²) >= 11 is 0. The Morgan fingerprint density at radius 3 is 2.50 bits per heavy atom. The van der Waals surface area contributed by atoms with Gasteiger partial charge in [-0.15, -0.1) is 0 Å². The Kier molecular flexibility index (Phi) is 5.99. The van der Waals surface area contributed by atoms with Gasteiger partial charge in [-0.25, -0.2) is 0 Å². The summed E-state index contributed by atoms with van der Waals surface area (Å²) in [4.78, 5) is 23.8. The molecule has 0 radical (unpaired) electrons. The highest BCUT2D eigenvalue weighted by Gasteiger charge is 2.24. The van der Waals surface area contributed by atoms with Crippen LogP contribution in [0.25, 0.3) is 0 Å². The van der Waals surface area contributed by atoms with Crippen molar-refractivity contribution < 1.29 is 9.59 Å². The molecule has 3 atom stereocenters. The normalized spacial score (nSPS) is 22.6. The summed E-state index contributed by atoms with van der Waals surface area (Å²) in [5.41, 5.74) is 0.963. The number of carbonyl (C=O) groups is 2. The highest BCUT2D eigenvalue weighted by Crippen LogP contribution is 2.24. The molecule has 4 heteroatoms. The van der Waals surface area contributed by atoms with E-state index in [0.717, 1.165) is 12.0 Å². The van der Waals surface area contributed by atoms with E-state index in [4.69, 9.17) is 0 Å². The molecule has 4 nitrogen and oxygen atoms in total. The van der Waals surface area contributed by atoms with Crippen molar-refractivity contribution in [2.24, 2.45) is 5.92 Å². The first kappa shape index (κ1) is 16.5. The van der Waals surface area contributed by atoms with E-state index >= 15 is 0 Å². The van der Waals surface area contributed by atoms with Crippen molar-refractivity contribution in [3.8, 4) is 0 Å². The maximum atomic E-state index is 12.4. The fraction of sp³-hybridized carbons (Fsp3) is 0.556. The summed E-state index contributed by atoms with van der Waals surface area (Å²) in [5, 5.41) is 6.03. The summed E-state index contributed by atoms with van der Waals surface area (Å²) < 4.78 is 0. The van der Waals surface area contributed by atoms with Gasteiger partial charge in [0.1, 0.15) is 0 Å². The number of benzene rings is 1. The highest BCUT2D eigenvalue weighted by molar-refractivity contribution is 5.79. The van der Waals surface area contributed by atoms with Crippen molar-refractivity contribution >= 4 is 11.8 Å². The molecular weight excluding hydrogens is 276 g/mol. The molecule has 22 heavy (non-hydrogen) atoms. The Morgan fingerprint density at radius 2 is 1.86 bits per heavy atom. The van der Waals surface area contributed by atoms with Crippen molar-refractivity contribution in [3.63, 3.8) is 0 Å². The SMILES string of the molecule is CC(=O)N[C@@H](CC(=O)N[C@H]1CCCC[C@@H]1C)c1ccccc1. The number of carbonyl (C=O) groups excluding carboxylic acids is 2. The first-order valence-electron chi connectivity index (χ1n) is 8.17. The van der Waals surface area contributed by atoms with Crippen LogP contribution in [0.5, 0.6) is 0 Å². The number of nitrogens with one attached hydrogen (secondary N) is 2. The molecule has 0 spiro atoms. The van der Waals surface area contributed by atoms with Crippen LogP contribution in [0.2, 0.25) is 0 Å². The minimum absolute atomic E-state index is 0.0151. The molecule has 0 aliphatic heterocycles. The molecule has 1 fully saturated rings. The fourth-order valence-electron chi connectivity index (χ4n) is 3.16. The molecule has 1 saturated carbocycles. The maximum absolute atomic E-state index is 12.4. The summed E-state index contributed by atoms with van der Waals surface area (Å²) in [6.07, 6.45) is 4.96. The van der Waals surface area contributed by atoms with Crippen molar-refractivity contribution in [3.05, 3.63) is 35.9 Å². The zero-order valence-corrected chi connectivity index (χ0v) is 13.5. The molecule has 1 aromatic rings. The van der Waals surface area contributed by atoms with Crippen LogP contribution < -0.4 is 10.6 Å². The molecule has 2 amide bonds. The van der Waals surface area contributed by atoms with E-state index in [-0.39, 0.29) is 30.3 Å². The smallest absolute Gasteiger partial charge is 0.222 e. The largest absolute Gasteiger partial charge is 0.353 e. The van der Waals surface area contributed by atoms with Gasteiger partial charge in [0.2, 0.25) is 11.8 Å². The van der Waals surface area contributed by atoms with Gasteiger partial charge in [0.15, 0.2) is 0 Å². The first-order chi connectivity index (χ1) is 10.6. The van der Waals surface area contributed by atoms with Gasteiger partial charge in [0, 0.05) is 13.0 Å². The molecule has 120 valence electrons. The highest BCUT2D eigenvalue weighted by atomic mass is 16.2. The number of amides is 2. The van der Waals surface area contributed by atoms with E-state index in [0.29, 0.717) is 5.92 Å². The third-order valence-corrected chi connectivity index (χ3v) is 4.43. The zero-order valence-electron chi connectivity index (χ0n) is 13.5. The monoisotopic (exact) mass is 302 g/mol. The molecule has 0 saturated heterocycles. The van der Waals surface area contributed by atoms with Crippen LogP contribution in [0.15, 0.2) is 30.3 Å². The third-order valence-electron chi connectivity index (χ3n) is 4.43. The van der Waals surface area contributed by atoms with Crippen molar-refractivity contribution in [1.29, 1.82) is 0 Å². The van der Waals surface area contributed by atoms with Gasteiger partial charge in [-0.1, -0.05) is 50.1 Å². The Morgan fingerprint density at radius 1 is 1.18 bits per heavy atom. The van der Waals surface area contributed by atoms with E-state index in [1.54, 1.807) is 0 Å². The van der Waals surface area contributed by atoms with E-state index in [9.17, 15) is 9.59 Å². The van der Waals surface area contributed by atoms with Crippen molar-refractivity contribution in [1.82, 2.24) is 10.6 Å². The molecule has 0 unspecified atom stereocenters. The van der Waals surface area contributed by atoms with E-state index in [2.05, 4.69) is 17.6 Å². The van der Waals surface area contributed by atoms with Gasteiger partial charge >= 0.3 is 0 Å². The van der Waals surface area contributed by atoms with E-state index in [1.807, 2.05) is 30.3 Å². The maximum Gasteiger partial charge on any atom is 0.222 e. The summed E-state index contributed by atoms with van der Waals surface area (Å²) in [6, 6.07) is 9.66. The first-order valence-corrected chi connectivity index (χ1v) is 8.17. The molecule has 2 rings (SSSR count). The van der Waals surface area contributed by atoms with Gasteiger partial charge in [0.25, 0.3) is 0 Å². The van der Waals surface area contributed by atoms with Gasteiger partial charge in [0.05, 0.1) is 12.5 Å². The minimum atomic E-state index is -0.266. The second kappa shape index (κ2) is 7.97. The van der Waals surface area contributed by atoms with E-state index < -0.39 is 0 Å². The number of hydrogen-bond acceptors (Lipinski definition) is 2. The standard InChI is InChI=1S/C18H26N2O2/c1-13-8-6-7-11-16(13)20-18(22)12-17(19-14(2)21)15-9-4-3-5-10-15/h3-5,9-10,13,16-17H,6-8,11-12H2,1-2H3,(H,19,21)(H,20,22)/t13-,16-,17-/m0/s1. The average molecular weight is 302 g/mol. The van der Waals surface area contributed by atoms with Crippen LogP contribution >= 0.6 is 0 Å². The molecule has 1 aliphatic rings. The molecule has 1 aliphatic carbocycles. The lowest BCUT2D eigenvalue weighted by Gasteiger charge is -2.30. The van der Waals surface area contributed by atoms with Gasteiger partial charge in [-0.2, -0.15) is 0 Å².